The summed E-state index contributed by atoms with van der Waals surface area (Å²) in [7, 11) is 0. The van der Waals surface area contributed by atoms with E-state index < -0.39 is 29.2 Å². The fraction of sp³-hybridized carbons (Fsp3) is 0.308. The van der Waals surface area contributed by atoms with Gasteiger partial charge in [0.05, 0.1) is 11.0 Å². The van der Waals surface area contributed by atoms with E-state index in [0.29, 0.717) is 11.0 Å². The molecule has 0 bridgehead atoms. The molecule has 0 aliphatic carbocycles. The molecule has 35 heavy (non-hydrogen) atoms. The molecule has 2 aromatic heterocycles. The first-order valence-corrected chi connectivity index (χ1v) is 11.6. The zero-order valence-corrected chi connectivity index (χ0v) is 21.9. The van der Waals surface area contributed by atoms with Crippen LogP contribution in [0.1, 0.15) is 41.5 Å². The Morgan fingerprint density at radius 2 is 1.29 bits per heavy atom. The Hall–Kier alpha value is -3.20. The average molecular weight is 549 g/mol. The molecular weight excluding hydrogens is 522 g/mol. The number of benzene rings is 2. The maximum Gasteiger partial charge on any atom is 0.419 e. The van der Waals surface area contributed by atoms with Crippen LogP contribution in [0, 0.1) is 11.6 Å². The number of ether oxygens (including phenoxy) is 2. The van der Waals surface area contributed by atoms with Crippen molar-refractivity contribution < 1.29 is 27.8 Å². The quantitative estimate of drug-likeness (QED) is 0.224. The van der Waals surface area contributed by atoms with E-state index in [1.807, 2.05) is 0 Å². The van der Waals surface area contributed by atoms with Crippen molar-refractivity contribution >= 4 is 49.9 Å². The van der Waals surface area contributed by atoms with Gasteiger partial charge < -0.3 is 9.47 Å². The van der Waals surface area contributed by atoms with E-state index in [9.17, 15) is 18.4 Å². The minimum Gasteiger partial charge on any atom is -0.443 e. The second-order valence-corrected chi connectivity index (χ2v) is 10.7. The number of fused-ring (bicyclic) bond motifs is 2. The zero-order valence-electron chi connectivity index (χ0n) is 20.4. The lowest BCUT2D eigenvalue weighted by Gasteiger charge is -2.19. The standard InChI is InChI=1S/C13H13BrFNO2.C13H14FNO2/c1-13(2,3)18-12(17)16-7-10(14)9-5-4-8(15)6-11(9)16;1-13(2,3)17-12(16)15-7-6-9-4-5-10(14)8-11(9)15/h4-7H,1-3H3;4-8H,1-3H3. The lowest BCUT2D eigenvalue weighted by atomic mass is 10.2. The van der Waals surface area contributed by atoms with E-state index in [2.05, 4.69) is 15.9 Å². The van der Waals surface area contributed by atoms with Crippen molar-refractivity contribution in [1.29, 1.82) is 0 Å². The first-order chi connectivity index (χ1) is 16.1. The van der Waals surface area contributed by atoms with Crippen LogP contribution >= 0.6 is 15.9 Å². The molecule has 186 valence electrons. The van der Waals surface area contributed by atoms with Gasteiger partial charge in [-0.1, -0.05) is 0 Å². The molecule has 0 unspecified atom stereocenters. The van der Waals surface area contributed by atoms with Crippen molar-refractivity contribution in [1.82, 2.24) is 9.13 Å². The molecule has 4 rings (SSSR count). The van der Waals surface area contributed by atoms with Crippen LogP contribution in [0.2, 0.25) is 0 Å². The zero-order chi connectivity index (χ0) is 26.1. The number of rotatable bonds is 0. The molecule has 0 aliphatic heterocycles. The molecule has 0 saturated carbocycles. The number of nitrogens with zero attached hydrogens (tertiary/aromatic N) is 2. The SMILES string of the molecule is CC(C)(C)OC(=O)n1cc(Br)c2ccc(F)cc21.CC(C)(C)OC(=O)n1ccc2ccc(F)cc21. The van der Waals surface area contributed by atoms with Gasteiger partial charge in [0.15, 0.2) is 0 Å². The molecule has 0 saturated heterocycles. The normalized spacial score (nSPS) is 11.8. The molecule has 2 aromatic carbocycles. The second kappa shape index (κ2) is 9.81. The highest BCUT2D eigenvalue weighted by Gasteiger charge is 2.21. The Morgan fingerprint density at radius 3 is 1.86 bits per heavy atom. The largest absolute Gasteiger partial charge is 0.443 e. The molecule has 6 nitrogen and oxygen atoms in total. The summed E-state index contributed by atoms with van der Waals surface area (Å²) in [4.78, 5) is 23.9. The summed E-state index contributed by atoms with van der Waals surface area (Å²) in [5.41, 5.74) is -0.163. The highest BCUT2D eigenvalue weighted by molar-refractivity contribution is 9.10. The van der Waals surface area contributed by atoms with E-state index in [1.165, 1.54) is 33.4 Å². The predicted octanol–water partition coefficient (Wildman–Crippen LogP) is 7.89. The first-order valence-electron chi connectivity index (χ1n) is 10.8. The summed E-state index contributed by atoms with van der Waals surface area (Å²) in [6, 6.07) is 10.3. The third kappa shape index (κ3) is 6.69. The summed E-state index contributed by atoms with van der Waals surface area (Å²) >= 11 is 3.34. The number of aromatic nitrogens is 2. The lowest BCUT2D eigenvalue weighted by Crippen LogP contribution is -2.26. The van der Waals surface area contributed by atoms with Crippen molar-refractivity contribution in [2.45, 2.75) is 52.7 Å². The van der Waals surface area contributed by atoms with Gasteiger partial charge in [0.2, 0.25) is 0 Å². The van der Waals surface area contributed by atoms with Crippen molar-refractivity contribution in [3.05, 3.63) is 71.0 Å². The van der Waals surface area contributed by atoms with Crippen LogP contribution in [0.3, 0.4) is 0 Å². The first kappa shape index (κ1) is 26.4. The third-order valence-electron chi connectivity index (χ3n) is 4.55. The molecule has 0 amide bonds. The summed E-state index contributed by atoms with van der Waals surface area (Å²) in [5.74, 6) is -0.765. The monoisotopic (exact) mass is 548 g/mol. The van der Waals surface area contributed by atoms with Crippen molar-refractivity contribution in [3.8, 4) is 0 Å². The number of hydrogen-bond donors (Lipinski definition) is 0. The maximum atomic E-state index is 13.2. The molecule has 2 heterocycles. The van der Waals surface area contributed by atoms with Crippen molar-refractivity contribution in [2.24, 2.45) is 0 Å². The van der Waals surface area contributed by atoms with Crippen LogP contribution in [0.15, 0.2) is 59.3 Å². The average Bonchev–Trinajstić information content (AvgIpc) is 3.26. The molecule has 0 fully saturated rings. The minimum absolute atomic E-state index is 0.374. The van der Waals surface area contributed by atoms with Gasteiger partial charge in [0.1, 0.15) is 22.8 Å². The summed E-state index contributed by atoms with van der Waals surface area (Å²) in [6.45, 7) is 10.7. The fourth-order valence-corrected chi connectivity index (χ4v) is 3.73. The van der Waals surface area contributed by atoms with E-state index in [0.717, 1.165) is 15.2 Å². The van der Waals surface area contributed by atoms with Gasteiger partial charge in [-0.15, -0.1) is 0 Å². The summed E-state index contributed by atoms with van der Waals surface area (Å²) in [6.07, 6.45) is 2.14. The summed E-state index contributed by atoms with van der Waals surface area (Å²) < 4.78 is 40.2. The fourth-order valence-electron chi connectivity index (χ4n) is 3.19. The highest BCUT2D eigenvalue weighted by Crippen LogP contribution is 2.27. The highest BCUT2D eigenvalue weighted by atomic mass is 79.9. The van der Waals surface area contributed by atoms with Crippen molar-refractivity contribution in [2.75, 3.05) is 0 Å². The number of carbonyl (C=O) groups excluding carboxylic acids is 2. The Balaban J connectivity index is 0.000000196. The van der Waals surface area contributed by atoms with Gasteiger partial charge in [0, 0.05) is 27.6 Å². The van der Waals surface area contributed by atoms with E-state index in [1.54, 1.807) is 72.1 Å². The minimum atomic E-state index is -0.590. The van der Waals surface area contributed by atoms with Gasteiger partial charge in [0.25, 0.3) is 0 Å². The smallest absolute Gasteiger partial charge is 0.419 e. The molecule has 9 heteroatoms. The Morgan fingerprint density at radius 1 is 0.771 bits per heavy atom. The van der Waals surface area contributed by atoms with Crippen LogP contribution in [-0.4, -0.2) is 32.5 Å². The number of hydrogen-bond acceptors (Lipinski definition) is 4. The molecule has 0 atom stereocenters. The van der Waals surface area contributed by atoms with Gasteiger partial charge in [-0.3, -0.25) is 9.13 Å². The molecule has 0 aliphatic rings. The van der Waals surface area contributed by atoms with Gasteiger partial charge in [-0.05, 0) is 99.9 Å². The molecular formula is C26H27BrF2N2O4. The Labute approximate surface area is 210 Å². The predicted molar refractivity (Wildman–Crippen MR) is 135 cm³/mol. The van der Waals surface area contributed by atoms with Crippen LogP contribution in [0.4, 0.5) is 18.4 Å². The van der Waals surface area contributed by atoms with E-state index in [-0.39, 0.29) is 5.82 Å². The van der Waals surface area contributed by atoms with Gasteiger partial charge in [-0.25, -0.2) is 18.4 Å². The van der Waals surface area contributed by atoms with Crippen LogP contribution in [0.25, 0.3) is 21.8 Å². The molecule has 4 aromatic rings. The number of carbonyl (C=O) groups is 2. The third-order valence-corrected chi connectivity index (χ3v) is 5.19. The number of halogens is 3. The molecule has 0 spiro atoms. The topological polar surface area (TPSA) is 62.5 Å². The Kier molecular flexibility index (Phi) is 7.40. The molecule has 0 N–H and O–H groups in total. The second-order valence-electron chi connectivity index (χ2n) is 9.86. The Bertz CT molecular complexity index is 1390. The lowest BCUT2D eigenvalue weighted by molar-refractivity contribution is 0.0533. The van der Waals surface area contributed by atoms with Gasteiger partial charge >= 0.3 is 12.2 Å². The van der Waals surface area contributed by atoms with Crippen LogP contribution in [0.5, 0.6) is 0 Å². The van der Waals surface area contributed by atoms with E-state index in [4.69, 9.17) is 9.47 Å². The van der Waals surface area contributed by atoms with Crippen molar-refractivity contribution in [3.63, 3.8) is 0 Å². The van der Waals surface area contributed by atoms with Crippen LogP contribution in [-0.2, 0) is 9.47 Å². The maximum absolute atomic E-state index is 13.2. The van der Waals surface area contributed by atoms with Crippen LogP contribution < -0.4 is 0 Å². The summed E-state index contributed by atoms with van der Waals surface area (Å²) in [5, 5.41) is 1.57. The van der Waals surface area contributed by atoms with Gasteiger partial charge in [-0.2, -0.15) is 0 Å². The molecule has 0 radical (unpaired) electrons. The van der Waals surface area contributed by atoms with E-state index >= 15 is 0 Å².